The lowest BCUT2D eigenvalue weighted by Gasteiger charge is -2.34. The number of carbonyl (C=O) groups excluding carboxylic acids is 1. The first-order chi connectivity index (χ1) is 7.31. The third kappa shape index (κ3) is 3.94. The van der Waals surface area contributed by atoms with Gasteiger partial charge in [0.15, 0.2) is 9.84 Å². The average Bonchev–Trinajstić information content (AvgIpc) is 2.15. The summed E-state index contributed by atoms with van der Waals surface area (Å²) in [7, 11) is -1.62. The van der Waals surface area contributed by atoms with Crippen LogP contribution in [0, 0.1) is 0 Å². The van der Waals surface area contributed by atoms with E-state index in [1.54, 1.807) is 7.05 Å². The molecular weight excluding hydrogens is 250 g/mol. The molecule has 0 aliphatic heterocycles. The molecule has 4 nitrogen and oxygen atoms in total. The molecule has 16 heavy (non-hydrogen) atoms. The van der Waals surface area contributed by atoms with Gasteiger partial charge in [0.1, 0.15) is 5.75 Å². The Morgan fingerprint density at radius 2 is 1.94 bits per heavy atom. The number of halogens is 1. The summed E-state index contributed by atoms with van der Waals surface area (Å²) in [6.45, 7) is 0. The van der Waals surface area contributed by atoms with Gasteiger partial charge in [-0.2, -0.15) is 0 Å². The number of alkyl halides is 1. The Morgan fingerprint density at radius 1 is 1.38 bits per heavy atom. The molecule has 0 bridgehead atoms. The highest BCUT2D eigenvalue weighted by atomic mass is 35.5. The van der Waals surface area contributed by atoms with Crippen LogP contribution >= 0.6 is 11.6 Å². The molecule has 94 valence electrons. The van der Waals surface area contributed by atoms with Gasteiger partial charge < -0.3 is 4.90 Å². The molecule has 0 N–H and O–H groups in total. The van der Waals surface area contributed by atoms with Crippen molar-refractivity contribution < 1.29 is 13.2 Å². The highest BCUT2D eigenvalue weighted by molar-refractivity contribution is 7.91. The van der Waals surface area contributed by atoms with Crippen molar-refractivity contribution in [2.24, 2.45) is 0 Å². The van der Waals surface area contributed by atoms with Crippen molar-refractivity contribution in [3.63, 3.8) is 0 Å². The van der Waals surface area contributed by atoms with Crippen molar-refractivity contribution in [2.45, 2.75) is 37.1 Å². The molecule has 1 rings (SSSR count). The first-order valence-corrected chi connectivity index (χ1v) is 7.88. The van der Waals surface area contributed by atoms with E-state index in [9.17, 15) is 13.2 Å². The zero-order valence-corrected chi connectivity index (χ0v) is 11.2. The minimum Gasteiger partial charge on any atom is -0.340 e. The molecule has 0 radical (unpaired) electrons. The Hall–Kier alpha value is -0.290. The van der Waals surface area contributed by atoms with Crippen molar-refractivity contribution >= 4 is 27.3 Å². The van der Waals surface area contributed by atoms with E-state index in [2.05, 4.69) is 0 Å². The van der Waals surface area contributed by atoms with Crippen molar-refractivity contribution in [2.75, 3.05) is 19.1 Å². The number of carbonyl (C=O) groups is 1. The largest absolute Gasteiger partial charge is 0.340 e. The molecule has 1 saturated carbocycles. The molecule has 1 fully saturated rings. The van der Waals surface area contributed by atoms with Gasteiger partial charge in [-0.05, 0) is 12.8 Å². The molecule has 0 aromatic rings. The van der Waals surface area contributed by atoms with Crippen LogP contribution in [-0.4, -0.2) is 49.7 Å². The maximum atomic E-state index is 11.7. The molecule has 1 aliphatic carbocycles. The summed E-state index contributed by atoms with van der Waals surface area (Å²) >= 11 is 6.15. The number of sulfone groups is 1. The molecule has 0 aromatic carbocycles. The van der Waals surface area contributed by atoms with Gasteiger partial charge in [-0.3, -0.25) is 4.79 Å². The second kappa shape index (κ2) is 5.36. The quantitative estimate of drug-likeness (QED) is 0.718. The van der Waals surface area contributed by atoms with Gasteiger partial charge in [0.05, 0.1) is 5.38 Å². The lowest BCUT2D eigenvalue weighted by molar-refractivity contribution is -0.129. The van der Waals surface area contributed by atoms with Crippen LogP contribution in [0.1, 0.15) is 25.7 Å². The van der Waals surface area contributed by atoms with Crippen LogP contribution in [-0.2, 0) is 14.6 Å². The molecule has 0 aromatic heterocycles. The minimum atomic E-state index is -3.26. The van der Waals surface area contributed by atoms with Crippen molar-refractivity contribution in [3.8, 4) is 0 Å². The van der Waals surface area contributed by atoms with Gasteiger partial charge in [-0.1, -0.05) is 12.8 Å². The molecule has 0 spiro atoms. The Morgan fingerprint density at radius 3 is 2.44 bits per heavy atom. The molecule has 0 heterocycles. The molecule has 6 heteroatoms. The smallest absolute Gasteiger partial charge is 0.237 e. The van der Waals surface area contributed by atoms with Gasteiger partial charge in [0.25, 0.3) is 0 Å². The van der Waals surface area contributed by atoms with E-state index in [1.807, 2.05) is 0 Å². The summed E-state index contributed by atoms with van der Waals surface area (Å²) in [6, 6.07) is -0.0235. The van der Waals surface area contributed by atoms with Crippen LogP contribution in [0.2, 0.25) is 0 Å². The molecule has 1 aliphatic rings. The minimum absolute atomic E-state index is 0.0235. The van der Waals surface area contributed by atoms with Crippen LogP contribution < -0.4 is 0 Å². The zero-order chi connectivity index (χ0) is 12.3. The fourth-order valence-electron chi connectivity index (χ4n) is 2.01. The van der Waals surface area contributed by atoms with Crippen molar-refractivity contribution in [1.82, 2.24) is 4.90 Å². The Balaban J connectivity index is 2.62. The summed E-state index contributed by atoms with van der Waals surface area (Å²) < 4.78 is 22.1. The van der Waals surface area contributed by atoms with E-state index in [1.165, 1.54) is 4.90 Å². The van der Waals surface area contributed by atoms with Crippen LogP contribution in [0.4, 0.5) is 0 Å². The third-order valence-corrected chi connectivity index (χ3v) is 4.20. The van der Waals surface area contributed by atoms with Crippen molar-refractivity contribution in [3.05, 3.63) is 0 Å². The molecule has 2 unspecified atom stereocenters. The summed E-state index contributed by atoms with van der Waals surface area (Å²) in [5.74, 6) is -0.788. The van der Waals surface area contributed by atoms with Crippen LogP contribution in [0.3, 0.4) is 0 Å². The Labute approximate surface area is 102 Å². The summed E-state index contributed by atoms with van der Waals surface area (Å²) in [6.07, 6.45) is 4.95. The van der Waals surface area contributed by atoms with Crippen LogP contribution in [0.5, 0.6) is 0 Å². The van der Waals surface area contributed by atoms with Gasteiger partial charge >= 0.3 is 0 Å². The van der Waals surface area contributed by atoms with E-state index in [-0.39, 0.29) is 17.3 Å². The highest BCUT2D eigenvalue weighted by Crippen LogP contribution is 2.26. The normalized spacial score (nSPS) is 26.4. The van der Waals surface area contributed by atoms with E-state index in [4.69, 9.17) is 11.6 Å². The first-order valence-electron chi connectivity index (χ1n) is 5.39. The summed E-state index contributed by atoms with van der Waals surface area (Å²) in [5.41, 5.74) is 0. The van der Waals surface area contributed by atoms with E-state index >= 15 is 0 Å². The maximum Gasteiger partial charge on any atom is 0.237 e. The summed E-state index contributed by atoms with van der Waals surface area (Å²) in [5, 5.41) is -0.0535. The van der Waals surface area contributed by atoms with Gasteiger partial charge in [0, 0.05) is 19.3 Å². The van der Waals surface area contributed by atoms with Gasteiger partial charge in [-0.15, -0.1) is 11.6 Å². The fraction of sp³-hybridized carbons (Fsp3) is 0.900. The van der Waals surface area contributed by atoms with Gasteiger partial charge in [0.2, 0.25) is 5.91 Å². The van der Waals surface area contributed by atoms with Crippen molar-refractivity contribution in [1.29, 1.82) is 0 Å². The monoisotopic (exact) mass is 267 g/mol. The molecule has 2 atom stereocenters. The Kier molecular flexibility index (Phi) is 4.62. The number of rotatable bonds is 3. The molecular formula is C10H18ClNO3S. The van der Waals surface area contributed by atoms with Crippen LogP contribution in [0.25, 0.3) is 0 Å². The lowest BCUT2D eigenvalue weighted by Crippen LogP contribution is -2.46. The SMILES string of the molecule is CN(C(=O)CS(C)(=O)=O)C1CCCCC1Cl. The third-order valence-electron chi connectivity index (χ3n) is 2.92. The average molecular weight is 268 g/mol. The predicted molar refractivity (Wildman–Crippen MR) is 64.4 cm³/mol. The van der Waals surface area contributed by atoms with E-state index in [0.29, 0.717) is 0 Å². The predicted octanol–water partition coefficient (Wildman–Crippen LogP) is 1.04. The van der Waals surface area contributed by atoms with E-state index < -0.39 is 15.6 Å². The topological polar surface area (TPSA) is 54.5 Å². The Bertz CT molecular complexity index is 355. The number of hydrogen-bond donors (Lipinski definition) is 0. The molecule has 0 saturated heterocycles. The maximum absolute atomic E-state index is 11.7. The second-order valence-electron chi connectivity index (χ2n) is 4.44. The van der Waals surface area contributed by atoms with Crippen LogP contribution in [0.15, 0.2) is 0 Å². The first kappa shape index (κ1) is 13.8. The number of hydrogen-bond acceptors (Lipinski definition) is 3. The fourth-order valence-corrected chi connectivity index (χ4v) is 3.11. The standard InChI is InChI=1S/C10H18ClNO3S/c1-12(10(13)7-16(2,14)15)9-6-4-3-5-8(9)11/h8-9H,3-7H2,1-2H3. The number of amides is 1. The molecule has 1 amide bonds. The highest BCUT2D eigenvalue weighted by Gasteiger charge is 2.30. The number of nitrogens with zero attached hydrogens (tertiary/aromatic N) is 1. The van der Waals surface area contributed by atoms with E-state index in [0.717, 1.165) is 31.9 Å². The summed E-state index contributed by atoms with van der Waals surface area (Å²) in [4.78, 5) is 13.2. The van der Waals surface area contributed by atoms with Gasteiger partial charge in [-0.25, -0.2) is 8.42 Å². The lowest BCUT2D eigenvalue weighted by atomic mass is 9.94. The zero-order valence-electron chi connectivity index (χ0n) is 9.65. The second-order valence-corrected chi connectivity index (χ2v) is 7.14.